The molecule has 2 nitrogen and oxygen atoms in total. The van der Waals surface area contributed by atoms with Crippen LogP contribution < -0.4 is 5.32 Å². The molecule has 0 saturated carbocycles. The van der Waals surface area contributed by atoms with Gasteiger partial charge in [0.05, 0.1) is 13.2 Å². The Balaban J connectivity index is 1.48. The fourth-order valence-electron chi connectivity index (χ4n) is 1.66. The first kappa shape index (κ1) is 13.7. The topological polar surface area (TPSA) is 21.3 Å². The minimum atomic E-state index is 0.787. The summed E-state index contributed by atoms with van der Waals surface area (Å²) in [4.78, 5) is 2.82. The molecule has 0 aliphatic rings. The molecule has 2 aromatic heterocycles. The highest BCUT2D eigenvalue weighted by Gasteiger charge is 1.98. The van der Waals surface area contributed by atoms with Crippen molar-refractivity contribution in [3.8, 4) is 0 Å². The highest BCUT2D eigenvalue weighted by Crippen LogP contribution is 2.14. The molecule has 0 amide bonds. The van der Waals surface area contributed by atoms with Gasteiger partial charge in [-0.1, -0.05) is 6.07 Å². The summed E-state index contributed by atoms with van der Waals surface area (Å²) in [5, 5.41) is 7.66. The van der Waals surface area contributed by atoms with Crippen molar-refractivity contribution in [2.24, 2.45) is 0 Å². The van der Waals surface area contributed by atoms with Gasteiger partial charge in [0.2, 0.25) is 0 Å². The number of hydrogen-bond donors (Lipinski definition) is 1. The second-order valence-corrected chi connectivity index (χ2v) is 6.18. The summed E-state index contributed by atoms with van der Waals surface area (Å²) in [6.07, 6.45) is 1.03. The van der Waals surface area contributed by atoms with E-state index in [4.69, 9.17) is 4.74 Å². The van der Waals surface area contributed by atoms with E-state index in [1.165, 1.54) is 15.3 Å². The number of rotatable bonds is 8. The van der Waals surface area contributed by atoms with Gasteiger partial charge >= 0.3 is 0 Å². The van der Waals surface area contributed by atoms with Gasteiger partial charge in [0.1, 0.15) is 0 Å². The summed E-state index contributed by atoms with van der Waals surface area (Å²) in [6, 6.07) is 6.41. The van der Waals surface area contributed by atoms with Crippen LogP contribution in [0.5, 0.6) is 0 Å². The van der Waals surface area contributed by atoms with E-state index in [0.717, 1.165) is 32.7 Å². The quantitative estimate of drug-likeness (QED) is 0.748. The molecule has 18 heavy (non-hydrogen) atoms. The maximum absolute atomic E-state index is 5.60. The lowest BCUT2D eigenvalue weighted by Crippen LogP contribution is -2.19. The van der Waals surface area contributed by atoms with Gasteiger partial charge in [-0.25, -0.2) is 0 Å². The van der Waals surface area contributed by atoms with Crippen molar-refractivity contribution < 1.29 is 4.74 Å². The highest BCUT2D eigenvalue weighted by atomic mass is 32.1. The van der Waals surface area contributed by atoms with Crippen molar-refractivity contribution in [3.05, 3.63) is 44.3 Å². The van der Waals surface area contributed by atoms with Gasteiger partial charge in [-0.15, -0.1) is 22.7 Å². The molecule has 0 spiro atoms. The number of ether oxygens (including phenoxy) is 1. The monoisotopic (exact) mass is 281 g/mol. The summed E-state index contributed by atoms with van der Waals surface area (Å²) < 4.78 is 5.60. The fourth-order valence-corrected chi connectivity index (χ4v) is 3.23. The molecule has 0 unspecified atom stereocenters. The second kappa shape index (κ2) is 7.69. The predicted octanol–water partition coefficient (Wildman–Crippen LogP) is 3.47. The first-order valence-corrected chi connectivity index (χ1v) is 7.96. The lowest BCUT2D eigenvalue weighted by Gasteiger charge is -2.05. The zero-order valence-electron chi connectivity index (χ0n) is 10.6. The molecular formula is C14H19NOS2. The zero-order chi connectivity index (χ0) is 12.6. The molecule has 0 atom stereocenters. The van der Waals surface area contributed by atoms with Crippen molar-refractivity contribution in [2.75, 3.05) is 19.8 Å². The summed E-state index contributed by atoms with van der Waals surface area (Å²) in [5.74, 6) is 0. The maximum Gasteiger partial charge on any atom is 0.0591 e. The van der Waals surface area contributed by atoms with Crippen molar-refractivity contribution >= 4 is 22.7 Å². The van der Waals surface area contributed by atoms with Crippen LogP contribution in [0.2, 0.25) is 0 Å². The number of nitrogens with one attached hydrogen (secondary N) is 1. The zero-order valence-corrected chi connectivity index (χ0v) is 12.3. The molecule has 98 valence electrons. The highest BCUT2D eigenvalue weighted by molar-refractivity contribution is 7.10. The third kappa shape index (κ3) is 4.53. The van der Waals surface area contributed by atoms with Gasteiger partial charge in [0.15, 0.2) is 0 Å². The van der Waals surface area contributed by atoms with Crippen molar-refractivity contribution in [3.63, 3.8) is 0 Å². The molecule has 0 bridgehead atoms. The molecule has 0 saturated heterocycles. The largest absolute Gasteiger partial charge is 0.380 e. The van der Waals surface area contributed by atoms with Crippen molar-refractivity contribution in [2.45, 2.75) is 19.9 Å². The Bertz CT molecular complexity index is 436. The van der Waals surface area contributed by atoms with Crippen LogP contribution in [0.3, 0.4) is 0 Å². The molecule has 0 aromatic carbocycles. The van der Waals surface area contributed by atoms with E-state index >= 15 is 0 Å². The predicted molar refractivity (Wildman–Crippen MR) is 79.6 cm³/mol. The van der Waals surface area contributed by atoms with Gasteiger partial charge in [-0.3, -0.25) is 0 Å². The standard InChI is InChI=1S/C14H19NOS2/c1-12-5-10-18-14(12)11-15-6-8-16-7-4-13-3-2-9-17-13/h2-3,5,9-10,15H,4,6-8,11H2,1H3. The first-order chi connectivity index (χ1) is 8.86. The third-order valence-electron chi connectivity index (χ3n) is 2.75. The van der Waals surface area contributed by atoms with Crippen molar-refractivity contribution in [1.82, 2.24) is 5.32 Å². The van der Waals surface area contributed by atoms with Gasteiger partial charge in [-0.2, -0.15) is 0 Å². The maximum atomic E-state index is 5.60. The molecule has 4 heteroatoms. The normalized spacial score (nSPS) is 10.9. The SMILES string of the molecule is Cc1ccsc1CNCCOCCc1cccs1. The summed E-state index contributed by atoms with van der Waals surface area (Å²) >= 11 is 3.61. The van der Waals surface area contributed by atoms with E-state index in [-0.39, 0.29) is 0 Å². The van der Waals surface area contributed by atoms with Gasteiger partial charge < -0.3 is 10.1 Å². The van der Waals surface area contributed by atoms with Crippen LogP contribution in [0.15, 0.2) is 29.0 Å². The third-order valence-corrected chi connectivity index (χ3v) is 4.71. The second-order valence-electron chi connectivity index (χ2n) is 4.15. The first-order valence-electron chi connectivity index (χ1n) is 6.20. The summed E-state index contributed by atoms with van der Waals surface area (Å²) in [5.41, 5.74) is 1.38. The molecule has 2 rings (SSSR count). The Morgan fingerprint density at radius 2 is 2.11 bits per heavy atom. The number of thiophene rings is 2. The molecule has 0 aliphatic heterocycles. The van der Waals surface area contributed by atoms with E-state index in [1.54, 1.807) is 11.3 Å². The van der Waals surface area contributed by atoms with E-state index in [2.05, 4.69) is 41.2 Å². The van der Waals surface area contributed by atoms with Crippen LogP contribution in [0.1, 0.15) is 15.3 Å². The average molecular weight is 281 g/mol. The molecular weight excluding hydrogens is 262 g/mol. The van der Waals surface area contributed by atoms with Crippen LogP contribution in [-0.4, -0.2) is 19.8 Å². The molecule has 0 aliphatic carbocycles. The lowest BCUT2D eigenvalue weighted by atomic mass is 10.3. The van der Waals surface area contributed by atoms with E-state index in [0.29, 0.717) is 0 Å². The Morgan fingerprint density at radius 1 is 1.17 bits per heavy atom. The molecule has 0 radical (unpaired) electrons. The van der Waals surface area contributed by atoms with Gasteiger partial charge in [0.25, 0.3) is 0 Å². The average Bonchev–Trinajstić information content (AvgIpc) is 3.00. The minimum Gasteiger partial charge on any atom is -0.380 e. The Labute approximate surface area is 117 Å². The van der Waals surface area contributed by atoms with E-state index in [9.17, 15) is 0 Å². The minimum absolute atomic E-state index is 0.787. The van der Waals surface area contributed by atoms with Crippen LogP contribution in [0.25, 0.3) is 0 Å². The molecule has 2 aromatic rings. The van der Waals surface area contributed by atoms with Gasteiger partial charge in [0, 0.05) is 29.3 Å². The molecule has 0 fully saturated rings. The van der Waals surface area contributed by atoms with Crippen LogP contribution in [-0.2, 0) is 17.7 Å². The Hall–Kier alpha value is -0.680. The lowest BCUT2D eigenvalue weighted by molar-refractivity contribution is 0.139. The van der Waals surface area contributed by atoms with Gasteiger partial charge in [-0.05, 0) is 35.4 Å². The summed E-state index contributed by atoms with van der Waals surface area (Å²) in [6.45, 7) is 5.64. The van der Waals surface area contributed by atoms with Crippen LogP contribution in [0.4, 0.5) is 0 Å². The van der Waals surface area contributed by atoms with E-state index < -0.39 is 0 Å². The Morgan fingerprint density at radius 3 is 2.83 bits per heavy atom. The number of hydrogen-bond acceptors (Lipinski definition) is 4. The smallest absolute Gasteiger partial charge is 0.0591 e. The summed E-state index contributed by atoms with van der Waals surface area (Å²) in [7, 11) is 0. The Kier molecular flexibility index (Phi) is 5.87. The fraction of sp³-hybridized carbons (Fsp3) is 0.429. The molecule has 2 heterocycles. The number of aryl methyl sites for hydroxylation is 1. The molecule has 1 N–H and O–H groups in total. The van der Waals surface area contributed by atoms with E-state index in [1.807, 2.05) is 11.3 Å². The van der Waals surface area contributed by atoms with Crippen molar-refractivity contribution in [1.29, 1.82) is 0 Å². The van der Waals surface area contributed by atoms with Crippen LogP contribution in [0, 0.1) is 6.92 Å². The van der Waals surface area contributed by atoms with Crippen LogP contribution >= 0.6 is 22.7 Å².